The van der Waals surface area contributed by atoms with E-state index in [2.05, 4.69) is 10.6 Å². The first-order valence-electron chi connectivity index (χ1n) is 6.23. The van der Waals surface area contributed by atoms with Crippen molar-refractivity contribution in [2.45, 2.75) is 26.8 Å². The lowest BCUT2D eigenvalue weighted by atomic mass is 10.1. The Morgan fingerprint density at radius 2 is 2.11 bits per heavy atom. The van der Waals surface area contributed by atoms with E-state index >= 15 is 0 Å². The molecule has 4 nitrogen and oxygen atoms in total. The maximum Gasteiger partial charge on any atom is 0.238 e. The Hall–Kier alpha value is -1.39. The summed E-state index contributed by atoms with van der Waals surface area (Å²) in [6.07, 6.45) is 0. The van der Waals surface area contributed by atoms with E-state index in [-0.39, 0.29) is 25.1 Å². The van der Waals surface area contributed by atoms with E-state index in [1.54, 1.807) is 0 Å². The highest BCUT2D eigenvalue weighted by Crippen LogP contribution is 2.09. The predicted octanol–water partition coefficient (Wildman–Crippen LogP) is 1.54. The van der Waals surface area contributed by atoms with Crippen LogP contribution in [0, 0.1) is 12.8 Å². The summed E-state index contributed by atoms with van der Waals surface area (Å²) in [6, 6.07) is 7.62. The zero-order chi connectivity index (χ0) is 13.5. The molecular weight excluding hydrogens is 228 g/mol. The first-order valence-corrected chi connectivity index (χ1v) is 6.23. The van der Waals surface area contributed by atoms with Gasteiger partial charge in [0.15, 0.2) is 0 Å². The van der Waals surface area contributed by atoms with E-state index in [0.29, 0.717) is 5.92 Å². The standard InChI is InChI=1S/C14H22N2O2/c1-10(2)13(9-17)15-8-14(18)16-12-6-4-5-11(3)7-12/h4-7,10,13,15,17H,8-9H2,1-3H3,(H,16,18). The number of hydrogen-bond acceptors (Lipinski definition) is 3. The van der Waals surface area contributed by atoms with Gasteiger partial charge in [-0.25, -0.2) is 0 Å². The van der Waals surface area contributed by atoms with Crippen molar-refractivity contribution in [2.24, 2.45) is 5.92 Å². The van der Waals surface area contributed by atoms with Crippen LogP contribution in [0.25, 0.3) is 0 Å². The number of hydrogen-bond donors (Lipinski definition) is 3. The molecule has 0 heterocycles. The van der Waals surface area contributed by atoms with Crippen molar-refractivity contribution in [3.63, 3.8) is 0 Å². The highest BCUT2D eigenvalue weighted by Gasteiger charge is 2.12. The largest absolute Gasteiger partial charge is 0.395 e. The molecule has 3 N–H and O–H groups in total. The average Bonchev–Trinajstić information content (AvgIpc) is 2.29. The van der Waals surface area contributed by atoms with Gasteiger partial charge in [-0.2, -0.15) is 0 Å². The van der Waals surface area contributed by atoms with Crippen LogP contribution in [0.4, 0.5) is 5.69 Å². The highest BCUT2D eigenvalue weighted by atomic mass is 16.3. The molecule has 4 heteroatoms. The van der Waals surface area contributed by atoms with Crippen LogP contribution in [0.2, 0.25) is 0 Å². The lowest BCUT2D eigenvalue weighted by Gasteiger charge is -2.19. The minimum Gasteiger partial charge on any atom is -0.395 e. The van der Waals surface area contributed by atoms with E-state index in [1.165, 1.54) is 0 Å². The van der Waals surface area contributed by atoms with E-state index in [4.69, 9.17) is 5.11 Å². The number of carbonyl (C=O) groups is 1. The molecule has 0 bridgehead atoms. The third-order valence-corrected chi connectivity index (χ3v) is 2.83. The Morgan fingerprint density at radius 3 is 2.67 bits per heavy atom. The Balaban J connectivity index is 2.42. The van der Waals surface area contributed by atoms with Gasteiger partial charge in [-0.3, -0.25) is 4.79 Å². The summed E-state index contributed by atoms with van der Waals surface area (Å²) >= 11 is 0. The molecule has 1 aromatic carbocycles. The van der Waals surface area contributed by atoms with Gasteiger partial charge in [0.05, 0.1) is 13.2 Å². The zero-order valence-electron chi connectivity index (χ0n) is 11.2. The maximum atomic E-state index is 11.7. The number of aliphatic hydroxyl groups excluding tert-OH is 1. The second-order valence-corrected chi connectivity index (χ2v) is 4.83. The molecule has 0 aromatic heterocycles. The van der Waals surface area contributed by atoms with Gasteiger partial charge < -0.3 is 15.7 Å². The molecule has 0 saturated carbocycles. The summed E-state index contributed by atoms with van der Waals surface area (Å²) in [5.41, 5.74) is 1.91. The number of carbonyl (C=O) groups excluding carboxylic acids is 1. The molecule has 0 saturated heterocycles. The van der Waals surface area contributed by atoms with Crippen molar-refractivity contribution in [1.29, 1.82) is 0 Å². The molecule has 0 fully saturated rings. The molecule has 18 heavy (non-hydrogen) atoms. The first-order chi connectivity index (χ1) is 8.52. The predicted molar refractivity (Wildman–Crippen MR) is 73.5 cm³/mol. The van der Waals surface area contributed by atoms with E-state index < -0.39 is 0 Å². The van der Waals surface area contributed by atoms with E-state index in [0.717, 1.165) is 11.3 Å². The van der Waals surface area contributed by atoms with Gasteiger partial charge in [0.25, 0.3) is 0 Å². The molecule has 1 rings (SSSR count). The fraction of sp³-hybridized carbons (Fsp3) is 0.500. The quantitative estimate of drug-likeness (QED) is 0.717. The van der Waals surface area contributed by atoms with E-state index in [1.807, 2.05) is 45.0 Å². The zero-order valence-corrected chi connectivity index (χ0v) is 11.2. The number of benzene rings is 1. The van der Waals surface area contributed by atoms with E-state index in [9.17, 15) is 4.79 Å². The number of rotatable bonds is 6. The van der Waals surface area contributed by atoms with Crippen LogP contribution < -0.4 is 10.6 Å². The molecule has 0 radical (unpaired) electrons. The van der Waals surface area contributed by atoms with Gasteiger partial charge in [-0.15, -0.1) is 0 Å². The fourth-order valence-electron chi connectivity index (χ4n) is 1.66. The van der Waals surface area contributed by atoms with Crippen LogP contribution in [-0.2, 0) is 4.79 Å². The van der Waals surface area contributed by atoms with Gasteiger partial charge in [0, 0.05) is 11.7 Å². The minimum atomic E-state index is -0.0975. The normalized spacial score (nSPS) is 12.5. The molecule has 1 atom stereocenters. The summed E-state index contributed by atoms with van der Waals surface area (Å²) in [5, 5.41) is 15.0. The van der Waals surface area contributed by atoms with Gasteiger partial charge in [-0.1, -0.05) is 26.0 Å². The number of aliphatic hydroxyl groups is 1. The lowest BCUT2D eigenvalue weighted by Crippen LogP contribution is -2.41. The summed E-state index contributed by atoms with van der Waals surface area (Å²) in [5.74, 6) is 0.196. The molecule has 0 aliphatic carbocycles. The van der Waals surface area contributed by atoms with Gasteiger partial charge >= 0.3 is 0 Å². The van der Waals surface area contributed by atoms with Crippen molar-refractivity contribution in [2.75, 3.05) is 18.5 Å². The molecule has 1 unspecified atom stereocenters. The average molecular weight is 250 g/mol. The number of aryl methyl sites for hydroxylation is 1. The van der Waals surface area contributed by atoms with Crippen molar-refractivity contribution in [1.82, 2.24) is 5.32 Å². The maximum absolute atomic E-state index is 11.7. The molecular formula is C14H22N2O2. The van der Waals surface area contributed by atoms with Crippen molar-refractivity contribution in [3.05, 3.63) is 29.8 Å². The van der Waals surface area contributed by atoms with Crippen molar-refractivity contribution < 1.29 is 9.90 Å². The topological polar surface area (TPSA) is 61.4 Å². The monoisotopic (exact) mass is 250 g/mol. The van der Waals surface area contributed by atoms with Crippen molar-refractivity contribution >= 4 is 11.6 Å². The molecule has 100 valence electrons. The summed E-state index contributed by atoms with van der Waals surface area (Å²) in [6.45, 7) is 6.24. The van der Waals surface area contributed by atoms with Crippen LogP contribution in [0.15, 0.2) is 24.3 Å². The molecule has 0 spiro atoms. The molecule has 1 aromatic rings. The van der Waals surface area contributed by atoms with Crippen LogP contribution in [-0.4, -0.2) is 30.2 Å². The minimum absolute atomic E-state index is 0.0371. The van der Waals surface area contributed by atoms with Crippen LogP contribution in [0.3, 0.4) is 0 Å². The highest BCUT2D eigenvalue weighted by molar-refractivity contribution is 5.92. The molecule has 0 aliphatic rings. The summed E-state index contributed by atoms with van der Waals surface area (Å²) < 4.78 is 0. The third-order valence-electron chi connectivity index (χ3n) is 2.83. The SMILES string of the molecule is Cc1cccc(NC(=O)CNC(CO)C(C)C)c1. The fourth-order valence-corrected chi connectivity index (χ4v) is 1.66. The Kier molecular flexibility index (Phi) is 5.82. The second kappa shape index (κ2) is 7.13. The molecule has 1 amide bonds. The van der Waals surface area contributed by atoms with Crippen LogP contribution in [0.5, 0.6) is 0 Å². The van der Waals surface area contributed by atoms with Gasteiger partial charge in [0.2, 0.25) is 5.91 Å². The Bertz CT molecular complexity index is 391. The Morgan fingerprint density at radius 1 is 1.39 bits per heavy atom. The summed E-state index contributed by atoms with van der Waals surface area (Å²) in [4.78, 5) is 11.7. The van der Waals surface area contributed by atoms with Crippen LogP contribution >= 0.6 is 0 Å². The van der Waals surface area contributed by atoms with Crippen molar-refractivity contribution in [3.8, 4) is 0 Å². The lowest BCUT2D eigenvalue weighted by molar-refractivity contribution is -0.115. The van der Waals surface area contributed by atoms with Gasteiger partial charge in [0.1, 0.15) is 0 Å². The van der Waals surface area contributed by atoms with Gasteiger partial charge in [-0.05, 0) is 30.5 Å². The number of nitrogens with one attached hydrogen (secondary N) is 2. The smallest absolute Gasteiger partial charge is 0.238 e. The van der Waals surface area contributed by atoms with Crippen LogP contribution in [0.1, 0.15) is 19.4 Å². The third kappa shape index (κ3) is 4.85. The first kappa shape index (κ1) is 14.7. The number of amides is 1. The summed E-state index contributed by atoms with van der Waals surface area (Å²) in [7, 11) is 0. The second-order valence-electron chi connectivity index (χ2n) is 4.83. The number of anilines is 1. The molecule has 0 aliphatic heterocycles. The Labute approximate surface area is 108 Å².